The van der Waals surface area contributed by atoms with E-state index < -0.39 is 0 Å². The van der Waals surface area contributed by atoms with E-state index >= 15 is 0 Å². The summed E-state index contributed by atoms with van der Waals surface area (Å²) in [6.07, 6.45) is 9.36. The Bertz CT molecular complexity index is 2100. The second-order valence-corrected chi connectivity index (χ2v) is 11.9. The Morgan fingerprint density at radius 3 is 2.63 bits per heavy atom. The van der Waals surface area contributed by atoms with E-state index in [0.717, 1.165) is 72.7 Å². The highest BCUT2D eigenvalue weighted by Gasteiger charge is 2.29. The largest absolute Gasteiger partial charge is 0.383 e. The maximum Gasteiger partial charge on any atom is 0.234 e. The second kappa shape index (κ2) is 11.4. The molecule has 0 saturated carbocycles. The summed E-state index contributed by atoms with van der Waals surface area (Å²) in [6.45, 7) is 3.68. The molecule has 1 aliphatic heterocycles. The molecule has 1 fully saturated rings. The number of pyridine rings is 2. The minimum absolute atomic E-state index is 0.228. The molecule has 2 aliphatic rings. The number of nitrogen functional groups attached to an aromatic ring is 1. The van der Waals surface area contributed by atoms with Crippen LogP contribution in [0.5, 0.6) is 0 Å². The Hall–Kier alpha value is -5.67. The molecule has 5 aromatic heterocycles. The zero-order valence-electron chi connectivity index (χ0n) is 25.4. The van der Waals surface area contributed by atoms with Gasteiger partial charge in [-0.1, -0.05) is 6.07 Å². The van der Waals surface area contributed by atoms with Gasteiger partial charge in [-0.2, -0.15) is 10.4 Å². The molecule has 0 spiro atoms. The highest BCUT2D eigenvalue weighted by Crippen LogP contribution is 2.36. The SMILES string of the molecule is Cc1cc(N2CCC(N[C@H]3CCc4cc(-n5c(-c6cccnc6N)nc6ccc(-n7cccn7)nc65)ccc43)CC2)nc(C#N)n1. The normalized spacial score (nSPS) is 16.5. The van der Waals surface area contributed by atoms with Crippen LogP contribution in [0.4, 0.5) is 11.6 Å². The number of aryl methyl sites for hydroxylation is 2. The van der Waals surface area contributed by atoms with Crippen LogP contribution in [0, 0.1) is 18.3 Å². The van der Waals surface area contributed by atoms with Crippen molar-refractivity contribution in [1.29, 1.82) is 5.26 Å². The van der Waals surface area contributed by atoms with Crippen LogP contribution < -0.4 is 16.0 Å². The lowest BCUT2D eigenvalue weighted by atomic mass is 10.0. The summed E-state index contributed by atoms with van der Waals surface area (Å²) in [6, 6.07) is 21.0. The van der Waals surface area contributed by atoms with Gasteiger partial charge in [-0.15, -0.1) is 0 Å². The summed E-state index contributed by atoms with van der Waals surface area (Å²) in [5.74, 6) is 2.90. The van der Waals surface area contributed by atoms with Gasteiger partial charge in [0.25, 0.3) is 0 Å². The van der Waals surface area contributed by atoms with Gasteiger partial charge < -0.3 is 16.0 Å². The van der Waals surface area contributed by atoms with E-state index in [-0.39, 0.29) is 5.82 Å². The predicted octanol–water partition coefficient (Wildman–Crippen LogP) is 4.47. The van der Waals surface area contributed by atoms with Crippen molar-refractivity contribution in [3.63, 3.8) is 0 Å². The molecule has 1 aromatic carbocycles. The van der Waals surface area contributed by atoms with Gasteiger partial charge in [0.2, 0.25) is 5.82 Å². The molecule has 46 heavy (non-hydrogen) atoms. The molecular weight excluding hydrogens is 576 g/mol. The van der Waals surface area contributed by atoms with Crippen LogP contribution in [0.3, 0.4) is 0 Å². The molecule has 228 valence electrons. The van der Waals surface area contributed by atoms with Crippen LogP contribution in [0.25, 0.3) is 34.1 Å². The number of fused-ring (bicyclic) bond motifs is 2. The number of nitrogens with zero attached hydrogens (tertiary/aromatic N) is 10. The van der Waals surface area contributed by atoms with E-state index in [4.69, 9.17) is 15.7 Å². The molecule has 0 amide bonds. The fourth-order valence-electron chi connectivity index (χ4n) is 6.75. The molecule has 12 nitrogen and oxygen atoms in total. The molecule has 0 bridgehead atoms. The van der Waals surface area contributed by atoms with Crippen molar-refractivity contribution in [2.45, 2.75) is 44.7 Å². The molecule has 0 unspecified atom stereocenters. The standard InChI is InChI=1S/C34H32N12/c1-21-18-31(42-29(20-35)39-21)44-16-11-23(12-17-44)40-27-8-5-22-19-24(6-7-25(22)27)46-33(26-4-2-13-37-32(26)36)41-28-9-10-30(43-34(28)46)45-15-3-14-38-45/h2-4,6-7,9-10,13-15,18-19,23,27,40H,5,8,11-12,16-17H2,1H3,(H2,36,37)/t27-/m0/s1. The summed E-state index contributed by atoms with van der Waals surface area (Å²) in [4.78, 5) is 25.2. The summed E-state index contributed by atoms with van der Waals surface area (Å²) in [7, 11) is 0. The minimum atomic E-state index is 0.228. The average molecular weight is 609 g/mol. The van der Waals surface area contributed by atoms with Crippen molar-refractivity contribution in [3.05, 3.63) is 95.8 Å². The highest BCUT2D eigenvalue weighted by molar-refractivity contribution is 5.83. The first-order chi connectivity index (χ1) is 22.5. The quantitative estimate of drug-likeness (QED) is 0.277. The molecular formula is C34H32N12. The number of piperidine rings is 1. The fraction of sp³-hybridized carbons (Fsp3) is 0.265. The lowest BCUT2D eigenvalue weighted by Gasteiger charge is -2.34. The predicted molar refractivity (Wildman–Crippen MR) is 175 cm³/mol. The third-order valence-corrected chi connectivity index (χ3v) is 8.97. The maximum absolute atomic E-state index is 9.29. The lowest BCUT2D eigenvalue weighted by Crippen LogP contribution is -2.43. The molecule has 0 radical (unpaired) electrons. The van der Waals surface area contributed by atoms with Crippen LogP contribution in [0.1, 0.15) is 47.9 Å². The summed E-state index contributed by atoms with van der Waals surface area (Å²) < 4.78 is 3.83. The lowest BCUT2D eigenvalue weighted by molar-refractivity contribution is 0.367. The number of hydrogen-bond donors (Lipinski definition) is 2. The van der Waals surface area contributed by atoms with Gasteiger partial charge in [-0.3, -0.25) is 4.57 Å². The minimum Gasteiger partial charge on any atom is -0.383 e. The molecule has 6 aromatic rings. The fourth-order valence-corrected chi connectivity index (χ4v) is 6.75. The topological polar surface area (TPSA) is 152 Å². The van der Waals surface area contributed by atoms with Gasteiger partial charge in [0, 0.05) is 61.2 Å². The van der Waals surface area contributed by atoms with E-state index in [2.05, 4.69) is 59.1 Å². The number of imidazole rings is 1. The van der Waals surface area contributed by atoms with Gasteiger partial charge in [-0.05, 0) is 86.2 Å². The van der Waals surface area contributed by atoms with Gasteiger partial charge in [0.05, 0.1) is 5.56 Å². The van der Waals surface area contributed by atoms with Crippen molar-refractivity contribution < 1.29 is 0 Å². The smallest absolute Gasteiger partial charge is 0.234 e. The van der Waals surface area contributed by atoms with E-state index in [9.17, 15) is 5.26 Å². The van der Waals surface area contributed by atoms with Crippen molar-refractivity contribution in [3.8, 4) is 29.0 Å². The molecule has 8 rings (SSSR count). The van der Waals surface area contributed by atoms with E-state index in [1.54, 1.807) is 17.1 Å². The van der Waals surface area contributed by atoms with Gasteiger partial charge in [-0.25, -0.2) is 29.6 Å². The Morgan fingerprint density at radius 2 is 1.83 bits per heavy atom. The van der Waals surface area contributed by atoms with Crippen molar-refractivity contribution >= 4 is 22.8 Å². The zero-order valence-corrected chi connectivity index (χ0v) is 25.4. The molecule has 1 saturated heterocycles. The van der Waals surface area contributed by atoms with Gasteiger partial charge in [0.15, 0.2) is 17.3 Å². The van der Waals surface area contributed by atoms with Crippen LogP contribution in [0.2, 0.25) is 0 Å². The third kappa shape index (κ3) is 5.00. The van der Waals surface area contributed by atoms with Crippen LogP contribution >= 0.6 is 0 Å². The summed E-state index contributed by atoms with van der Waals surface area (Å²) in [5, 5.41) is 17.6. The monoisotopic (exact) mass is 608 g/mol. The zero-order chi connectivity index (χ0) is 31.2. The van der Waals surface area contributed by atoms with Crippen molar-refractivity contribution in [2.24, 2.45) is 0 Å². The van der Waals surface area contributed by atoms with Gasteiger partial charge >= 0.3 is 0 Å². The number of hydrogen-bond acceptors (Lipinski definition) is 10. The van der Waals surface area contributed by atoms with Crippen LogP contribution in [-0.4, -0.2) is 58.4 Å². The number of nitrogens with one attached hydrogen (secondary N) is 1. The first-order valence-corrected chi connectivity index (χ1v) is 15.5. The van der Waals surface area contributed by atoms with E-state index in [1.165, 1.54) is 11.1 Å². The molecule has 1 aliphatic carbocycles. The first-order valence-electron chi connectivity index (χ1n) is 15.5. The second-order valence-electron chi connectivity index (χ2n) is 11.9. The third-order valence-electron chi connectivity index (χ3n) is 8.97. The van der Waals surface area contributed by atoms with Crippen LogP contribution in [0.15, 0.2) is 73.2 Å². The van der Waals surface area contributed by atoms with Crippen molar-refractivity contribution in [1.82, 2.24) is 44.6 Å². The Kier molecular flexibility index (Phi) is 6.88. The summed E-state index contributed by atoms with van der Waals surface area (Å²) >= 11 is 0. The molecule has 3 N–H and O–H groups in total. The number of nitrogens with two attached hydrogens (primary N) is 1. The Morgan fingerprint density at radius 1 is 0.935 bits per heavy atom. The molecule has 6 heterocycles. The molecule has 12 heteroatoms. The number of rotatable bonds is 6. The Labute approximate surface area is 265 Å². The van der Waals surface area contributed by atoms with Gasteiger partial charge in [0.1, 0.15) is 23.2 Å². The van der Waals surface area contributed by atoms with E-state index in [0.29, 0.717) is 29.5 Å². The van der Waals surface area contributed by atoms with Crippen molar-refractivity contribution in [2.75, 3.05) is 23.7 Å². The molecule has 1 atom stereocenters. The maximum atomic E-state index is 9.29. The summed E-state index contributed by atoms with van der Waals surface area (Å²) in [5.41, 5.74) is 13.1. The van der Waals surface area contributed by atoms with Crippen LogP contribution in [-0.2, 0) is 6.42 Å². The first kappa shape index (κ1) is 27.8. The number of benzene rings is 1. The average Bonchev–Trinajstić information content (AvgIpc) is 3.84. The number of nitriles is 1. The Balaban J connectivity index is 1.07. The van der Waals surface area contributed by atoms with E-state index in [1.807, 2.05) is 49.5 Å². The highest BCUT2D eigenvalue weighted by atomic mass is 15.3. The number of aromatic nitrogens is 8. The number of anilines is 2.